The summed E-state index contributed by atoms with van der Waals surface area (Å²) in [4.78, 5) is 12.4. The second-order valence-corrected chi connectivity index (χ2v) is 7.71. The van der Waals surface area contributed by atoms with Crippen LogP contribution in [0.15, 0.2) is 29.2 Å². The fourth-order valence-electron chi connectivity index (χ4n) is 2.40. The van der Waals surface area contributed by atoms with Crippen LogP contribution >= 0.6 is 0 Å². The van der Waals surface area contributed by atoms with E-state index in [2.05, 4.69) is 22.0 Å². The number of methoxy groups -OCH3 is 2. The summed E-state index contributed by atoms with van der Waals surface area (Å²) < 4.78 is 47.2. The van der Waals surface area contributed by atoms with Gasteiger partial charge in [-0.2, -0.15) is 0 Å². The molecule has 28 heavy (non-hydrogen) atoms. The summed E-state index contributed by atoms with van der Waals surface area (Å²) in [6.45, 7) is 4.88. The third-order valence-corrected chi connectivity index (χ3v) is 5.05. The average Bonchev–Trinajstić information content (AvgIpc) is 2.68. The van der Waals surface area contributed by atoms with E-state index in [0.717, 1.165) is 18.7 Å². The predicted octanol–water partition coefficient (Wildman–Crippen LogP) is 0.755. The van der Waals surface area contributed by atoms with Crippen molar-refractivity contribution in [1.82, 2.24) is 19.4 Å². The first kappa shape index (κ1) is 22.0. The van der Waals surface area contributed by atoms with Crippen LogP contribution in [-0.2, 0) is 14.9 Å². The van der Waals surface area contributed by atoms with Crippen LogP contribution < -0.4 is 14.0 Å². The number of nitrogens with zero attached hydrogens (tertiary/aromatic N) is 4. The second-order valence-electron chi connectivity index (χ2n) is 6.33. The van der Waals surface area contributed by atoms with Crippen LogP contribution in [0.25, 0.3) is 0 Å². The van der Waals surface area contributed by atoms with E-state index in [1.807, 2.05) is 6.92 Å². The molecule has 0 bridgehead atoms. The lowest BCUT2D eigenvalue weighted by Crippen LogP contribution is -2.54. The first-order valence-corrected chi connectivity index (χ1v) is 9.88. The van der Waals surface area contributed by atoms with Crippen LogP contribution in [0.3, 0.4) is 0 Å². The Kier molecular flexibility index (Phi) is 7.24. The zero-order valence-electron chi connectivity index (χ0n) is 16.3. The number of quaternary nitrogens is 1. The van der Waals surface area contributed by atoms with E-state index in [1.165, 1.54) is 26.4 Å². The Labute approximate surface area is 164 Å². The molecule has 0 saturated carbocycles. The van der Waals surface area contributed by atoms with Crippen LogP contribution in [0.2, 0.25) is 0 Å². The minimum atomic E-state index is -4.27. The highest BCUT2D eigenvalue weighted by Crippen LogP contribution is 2.22. The number of likely N-dealkylation sites (N-methyl/N-ethyl adjacent to an activating group) is 1. The summed E-state index contributed by atoms with van der Waals surface area (Å²) in [6.07, 6.45) is 0. The number of benzene rings is 1. The molecule has 3 rings (SSSR count). The van der Waals surface area contributed by atoms with Gasteiger partial charge < -0.3 is 18.8 Å². The average molecular weight is 412 g/mol. The predicted molar refractivity (Wildman–Crippen MR) is 100 cm³/mol. The number of aryl methyl sites for hydroxylation is 1. The number of hydrogen-bond donors (Lipinski definition) is 0. The Morgan fingerprint density at radius 3 is 1.93 bits per heavy atom. The van der Waals surface area contributed by atoms with Gasteiger partial charge in [-0.25, -0.2) is 8.42 Å². The van der Waals surface area contributed by atoms with E-state index >= 15 is 0 Å². The van der Waals surface area contributed by atoms with Gasteiger partial charge in [0.2, 0.25) is 0 Å². The Morgan fingerprint density at radius 1 is 1.00 bits per heavy atom. The first-order chi connectivity index (χ1) is 13.2. The van der Waals surface area contributed by atoms with Gasteiger partial charge in [-0.15, -0.1) is 15.0 Å². The molecular weight excluding hydrogens is 388 g/mol. The monoisotopic (exact) mass is 412 g/mol. The quantitative estimate of drug-likeness (QED) is 0.528. The number of morpholine rings is 1. The van der Waals surface area contributed by atoms with Gasteiger partial charge in [0.15, 0.2) is 0 Å². The molecule has 0 atom stereocenters. The van der Waals surface area contributed by atoms with Crippen molar-refractivity contribution in [3.8, 4) is 12.0 Å². The Morgan fingerprint density at radius 2 is 1.50 bits per heavy atom. The van der Waals surface area contributed by atoms with Crippen molar-refractivity contribution in [2.45, 2.75) is 11.8 Å². The van der Waals surface area contributed by atoms with E-state index in [-0.39, 0.29) is 16.9 Å². The fourth-order valence-corrected chi connectivity index (χ4v) is 2.87. The molecule has 1 aromatic heterocycles. The molecular formula is C17H24N4O6S. The number of aromatic nitrogens is 3. The summed E-state index contributed by atoms with van der Waals surface area (Å²) in [5.74, 6) is 0.650. The highest BCUT2D eigenvalue weighted by Gasteiger charge is 2.32. The zero-order chi connectivity index (χ0) is 20.8. The molecule has 0 N–H and O–H groups in total. The van der Waals surface area contributed by atoms with Crippen LogP contribution in [0.4, 0.5) is 5.95 Å². The third kappa shape index (κ3) is 5.83. The molecule has 1 aliphatic rings. The Bertz CT molecular complexity index is 861. The van der Waals surface area contributed by atoms with Crippen LogP contribution in [-0.4, -0.2) is 75.5 Å². The van der Waals surface area contributed by atoms with Gasteiger partial charge in [-0.3, -0.25) is 4.48 Å². The molecule has 0 unspecified atom stereocenters. The maximum absolute atomic E-state index is 10.4. The van der Waals surface area contributed by atoms with Crippen LogP contribution in [0, 0.1) is 6.92 Å². The SMILES string of the molecule is COc1nc(OC)nc([N+]2(C)CCOCC2)n1.Cc1ccc(S(=O)(=O)[O-])cc1. The van der Waals surface area contributed by atoms with Crippen LogP contribution in [0.1, 0.15) is 5.56 Å². The molecule has 0 spiro atoms. The van der Waals surface area contributed by atoms with E-state index in [9.17, 15) is 13.0 Å². The zero-order valence-corrected chi connectivity index (χ0v) is 17.1. The molecule has 1 aliphatic heterocycles. The molecule has 2 heterocycles. The number of ether oxygens (including phenoxy) is 3. The van der Waals surface area contributed by atoms with Gasteiger partial charge in [-0.05, 0) is 19.1 Å². The van der Waals surface area contributed by atoms with Crippen molar-refractivity contribution >= 4 is 16.1 Å². The minimum absolute atomic E-state index is 0.178. The van der Waals surface area contributed by atoms with Crippen molar-refractivity contribution < 1.29 is 27.2 Å². The molecule has 0 radical (unpaired) electrons. The number of rotatable bonds is 4. The van der Waals surface area contributed by atoms with Crippen molar-refractivity contribution in [3.05, 3.63) is 29.8 Å². The summed E-state index contributed by atoms with van der Waals surface area (Å²) in [5.41, 5.74) is 0.928. The van der Waals surface area contributed by atoms with Gasteiger partial charge in [0, 0.05) is 0 Å². The lowest BCUT2D eigenvalue weighted by Gasteiger charge is -2.34. The molecule has 1 saturated heterocycles. The molecule has 0 aliphatic carbocycles. The topological polar surface area (TPSA) is 124 Å². The lowest BCUT2D eigenvalue weighted by molar-refractivity contribution is 0.0489. The van der Waals surface area contributed by atoms with Gasteiger partial charge in [0.1, 0.15) is 23.2 Å². The lowest BCUT2D eigenvalue weighted by atomic mass is 10.2. The van der Waals surface area contributed by atoms with Crippen molar-refractivity contribution in [2.24, 2.45) is 0 Å². The summed E-state index contributed by atoms with van der Waals surface area (Å²) >= 11 is 0. The highest BCUT2D eigenvalue weighted by atomic mass is 32.2. The van der Waals surface area contributed by atoms with E-state index in [1.54, 1.807) is 12.1 Å². The molecule has 154 valence electrons. The van der Waals surface area contributed by atoms with Crippen molar-refractivity contribution in [3.63, 3.8) is 0 Å². The smallest absolute Gasteiger partial charge is 0.338 e. The highest BCUT2D eigenvalue weighted by molar-refractivity contribution is 7.85. The van der Waals surface area contributed by atoms with E-state index in [4.69, 9.17) is 14.2 Å². The largest absolute Gasteiger partial charge is 0.744 e. The van der Waals surface area contributed by atoms with Gasteiger partial charge in [-0.1, -0.05) is 17.7 Å². The van der Waals surface area contributed by atoms with Gasteiger partial charge in [0.25, 0.3) is 0 Å². The van der Waals surface area contributed by atoms with Crippen molar-refractivity contribution in [2.75, 3.05) is 47.6 Å². The van der Waals surface area contributed by atoms with Crippen molar-refractivity contribution in [1.29, 1.82) is 0 Å². The van der Waals surface area contributed by atoms with Crippen LogP contribution in [0.5, 0.6) is 12.0 Å². The molecule has 1 aromatic carbocycles. The standard InChI is InChI=1S/C10H17N4O3.C7H8O3S/c1-14(4-6-17-7-5-14)8-11-9(15-2)13-10(12-8)16-3;1-6-2-4-7(5-3-6)11(8,9)10/h4-7H2,1-3H3;2-5H,1H3,(H,8,9,10)/q+1;/p-1. The third-order valence-electron chi connectivity index (χ3n) is 4.20. The first-order valence-electron chi connectivity index (χ1n) is 8.47. The van der Waals surface area contributed by atoms with E-state index in [0.29, 0.717) is 23.6 Å². The van der Waals surface area contributed by atoms with Gasteiger partial charge in [0.05, 0.1) is 39.4 Å². The molecule has 2 aromatic rings. The Balaban J connectivity index is 0.000000221. The van der Waals surface area contributed by atoms with E-state index < -0.39 is 10.1 Å². The number of hydrogen-bond acceptors (Lipinski definition) is 9. The molecule has 1 fully saturated rings. The summed E-state index contributed by atoms with van der Waals surface area (Å²) in [7, 11) is 0.848. The molecule has 0 amide bonds. The Hall–Kier alpha value is -2.34. The second kappa shape index (κ2) is 9.24. The summed E-state index contributed by atoms with van der Waals surface area (Å²) in [5, 5.41) is 0. The minimum Gasteiger partial charge on any atom is -0.744 e. The maximum Gasteiger partial charge on any atom is 0.338 e. The maximum atomic E-state index is 10.4. The fraction of sp³-hybridized carbons (Fsp3) is 0.471. The molecule has 11 heteroatoms. The summed E-state index contributed by atoms with van der Waals surface area (Å²) in [6, 6.07) is 6.33. The normalized spacial score (nSPS) is 15.9. The molecule has 10 nitrogen and oxygen atoms in total. The van der Waals surface area contributed by atoms with Gasteiger partial charge >= 0.3 is 18.0 Å².